The van der Waals surface area contributed by atoms with Crippen molar-refractivity contribution >= 4 is 8.32 Å². The molecule has 0 bridgehead atoms. The number of benzene rings is 2. The Morgan fingerprint density at radius 2 is 1.63 bits per heavy atom. The van der Waals surface area contributed by atoms with Crippen LogP contribution < -0.4 is 10.1 Å². The van der Waals surface area contributed by atoms with Gasteiger partial charge in [-0.2, -0.15) is 0 Å². The van der Waals surface area contributed by atoms with E-state index in [1.165, 1.54) is 5.56 Å². The van der Waals surface area contributed by atoms with Gasteiger partial charge in [0.25, 0.3) is 0 Å². The van der Waals surface area contributed by atoms with Crippen LogP contribution in [0.5, 0.6) is 5.75 Å². The third kappa shape index (κ3) is 7.51. The highest BCUT2D eigenvalue weighted by Gasteiger charge is 2.40. The predicted octanol–water partition coefficient (Wildman–Crippen LogP) is 6.71. The second-order valence-electron chi connectivity index (χ2n) is 9.00. The maximum Gasteiger partial charge on any atom is 0.250 e. The molecule has 0 aliphatic rings. The Balaban J connectivity index is 2.10. The number of ether oxygens (including phenoxy) is 1. The molecule has 2 aromatic carbocycles. The lowest BCUT2D eigenvalue weighted by atomic mass is 10.1. The Hall–Kier alpha value is -2.30. The predicted molar refractivity (Wildman–Crippen MR) is 130 cm³/mol. The number of rotatable bonds is 11. The van der Waals surface area contributed by atoms with Gasteiger partial charge in [0.1, 0.15) is 5.75 Å². The molecule has 1 N–H and O–H groups in total. The van der Waals surface area contributed by atoms with Gasteiger partial charge < -0.3 is 14.5 Å². The van der Waals surface area contributed by atoms with Crippen molar-refractivity contribution in [2.24, 2.45) is 0 Å². The SMILES string of the molecule is C=C[C@H](NCc1ccccc1)/C(=C/CCOc1ccccc1)O[Si](C)(C)C(C)(C)C. The summed E-state index contributed by atoms with van der Waals surface area (Å²) in [6.07, 6.45) is 4.87. The standard InChI is InChI=1S/C26H37NO2Si/c1-7-24(27-21-22-15-10-8-11-16-22)25(29-30(5,6)26(2,3)4)19-14-20-28-23-17-12-9-13-18-23/h7-13,15-19,24,27H,1,14,20-21H2,2-6H3/b25-19-/t24-/m0/s1. The summed E-state index contributed by atoms with van der Waals surface area (Å²) in [6, 6.07) is 20.3. The number of nitrogens with one attached hydrogen (secondary N) is 1. The monoisotopic (exact) mass is 423 g/mol. The van der Waals surface area contributed by atoms with Crippen molar-refractivity contribution in [1.29, 1.82) is 0 Å². The van der Waals surface area contributed by atoms with Gasteiger partial charge in [-0.1, -0.05) is 75.4 Å². The van der Waals surface area contributed by atoms with Crippen molar-refractivity contribution in [1.82, 2.24) is 5.32 Å². The fraction of sp³-hybridized carbons (Fsp3) is 0.385. The van der Waals surface area contributed by atoms with Crippen LogP contribution in [0.15, 0.2) is 85.2 Å². The van der Waals surface area contributed by atoms with E-state index in [2.05, 4.69) is 76.1 Å². The first kappa shape index (κ1) is 24.0. The molecule has 0 saturated heterocycles. The smallest absolute Gasteiger partial charge is 0.250 e. The molecule has 0 aliphatic heterocycles. The molecule has 0 unspecified atom stereocenters. The lowest BCUT2D eigenvalue weighted by molar-refractivity contribution is 0.314. The topological polar surface area (TPSA) is 30.5 Å². The zero-order valence-electron chi connectivity index (χ0n) is 19.2. The third-order valence-electron chi connectivity index (χ3n) is 5.57. The fourth-order valence-electron chi connectivity index (χ4n) is 2.70. The first-order valence-corrected chi connectivity index (χ1v) is 13.6. The summed E-state index contributed by atoms with van der Waals surface area (Å²) >= 11 is 0. The molecule has 0 amide bonds. The van der Waals surface area contributed by atoms with Gasteiger partial charge in [-0.3, -0.25) is 0 Å². The minimum absolute atomic E-state index is 0.0453. The van der Waals surface area contributed by atoms with Crippen LogP contribution in [0, 0.1) is 0 Å². The van der Waals surface area contributed by atoms with E-state index < -0.39 is 8.32 Å². The molecule has 0 radical (unpaired) electrons. The minimum Gasteiger partial charge on any atom is -0.545 e. The Morgan fingerprint density at radius 3 is 2.20 bits per heavy atom. The lowest BCUT2D eigenvalue weighted by Crippen LogP contribution is -2.43. The highest BCUT2D eigenvalue weighted by atomic mass is 28.4. The molecule has 2 rings (SSSR count). The van der Waals surface area contributed by atoms with Gasteiger partial charge in [0, 0.05) is 13.0 Å². The van der Waals surface area contributed by atoms with Crippen LogP contribution in [0.2, 0.25) is 18.1 Å². The van der Waals surface area contributed by atoms with Crippen LogP contribution in [-0.2, 0) is 11.0 Å². The van der Waals surface area contributed by atoms with Crippen molar-refractivity contribution in [3.8, 4) is 5.75 Å². The first-order valence-electron chi connectivity index (χ1n) is 10.7. The molecular weight excluding hydrogens is 386 g/mol. The third-order valence-corrected chi connectivity index (χ3v) is 9.92. The molecule has 162 valence electrons. The van der Waals surface area contributed by atoms with Crippen molar-refractivity contribution in [3.63, 3.8) is 0 Å². The molecule has 0 spiro atoms. The number of hydrogen-bond donors (Lipinski definition) is 1. The molecule has 0 saturated carbocycles. The zero-order chi connectivity index (χ0) is 22.0. The van der Waals surface area contributed by atoms with E-state index in [0.29, 0.717) is 6.61 Å². The first-order chi connectivity index (χ1) is 14.2. The summed E-state index contributed by atoms with van der Waals surface area (Å²) in [7, 11) is -1.98. The number of hydrogen-bond acceptors (Lipinski definition) is 3. The molecule has 0 aliphatic carbocycles. The van der Waals surface area contributed by atoms with Gasteiger partial charge in [-0.15, -0.1) is 6.58 Å². The molecule has 4 heteroatoms. The van der Waals surface area contributed by atoms with E-state index in [9.17, 15) is 0 Å². The second kappa shape index (κ2) is 11.2. The minimum atomic E-state index is -1.98. The summed E-state index contributed by atoms with van der Waals surface area (Å²) in [5.41, 5.74) is 1.24. The quantitative estimate of drug-likeness (QED) is 0.189. The molecule has 2 aromatic rings. The van der Waals surface area contributed by atoms with Crippen LogP contribution in [-0.4, -0.2) is 21.0 Å². The van der Waals surface area contributed by atoms with Crippen molar-refractivity contribution in [2.45, 2.75) is 57.9 Å². The van der Waals surface area contributed by atoms with E-state index in [-0.39, 0.29) is 11.1 Å². The average Bonchev–Trinajstić information content (AvgIpc) is 2.72. The molecule has 3 nitrogen and oxygen atoms in total. The molecule has 1 atom stereocenters. The zero-order valence-corrected chi connectivity index (χ0v) is 20.2. The maximum absolute atomic E-state index is 6.71. The van der Waals surface area contributed by atoms with Crippen molar-refractivity contribution < 1.29 is 9.16 Å². The Bertz CT molecular complexity index is 795. The van der Waals surface area contributed by atoms with E-state index in [4.69, 9.17) is 9.16 Å². The Morgan fingerprint density at radius 1 is 1.03 bits per heavy atom. The number of para-hydroxylation sites is 1. The van der Waals surface area contributed by atoms with Crippen LogP contribution in [0.25, 0.3) is 0 Å². The second-order valence-corrected chi connectivity index (χ2v) is 13.7. The van der Waals surface area contributed by atoms with Gasteiger partial charge in [0.15, 0.2) is 0 Å². The van der Waals surface area contributed by atoms with Gasteiger partial charge in [-0.05, 0) is 41.9 Å². The molecule has 30 heavy (non-hydrogen) atoms. The normalized spacial score (nSPS) is 13.6. The van der Waals surface area contributed by atoms with Gasteiger partial charge >= 0.3 is 0 Å². The summed E-state index contributed by atoms with van der Waals surface area (Å²) in [4.78, 5) is 0. The Kier molecular flexibility index (Phi) is 8.94. The van der Waals surface area contributed by atoms with Gasteiger partial charge in [0.05, 0.1) is 18.4 Å². The molecule has 0 fully saturated rings. The van der Waals surface area contributed by atoms with Gasteiger partial charge in [-0.25, -0.2) is 0 Å². The molecule has 0 aromatic heterocycles. The van der Waals surface area contributed by atoms with Crippen LogP contribution in [0.3, 0.4) is 0 Å². The largest absolute Gasteiger partial charge is 0.545 e. The average molecular weight is 424 g/mol. The van der Waals surface area contributed by atoms with Crippen LogP contribution >= 0.6 is 0 Å². The summed E-state index contributed by atoms with van der Waals surface area (Å²) < 4.78 is 12.6. The van der Waals surface area contributed by atoms with Crippen molar-refractivity contribution in [2.75, 3.05) is 6.61 Å². The molecular formula is C26H37NO2Si. The van der Waals surface area contributed by atoms with Crippen LogP contribution in [0.1, 0.15) is 32.8 Å². The fourth-order valence-corrected chi connectivity index (χ4v) is 3.80. The lowest BCUT2D eigenvalue weighted by Gasteiger charge is -2.38. The van der Waals surface area contributed by atoms with E-state index in [1.54, 1.807) is 0 Å². The summed E-state index contributed by atoms with van der Waals surface area (Å²) in [6.45, 7) is 16.8. The highest BCUT2D eigenvalue weighted by Crippen LogP contribution is 2.38. The molecule has 0 heterocycles. The Labute approximate surface area is 183 Å². The summed E-state index contributed by atoms with van der Waals surface area (Å²) in [5.74, 6) is 1.84. The van der Waals surface area contributed by atoms with E-state index in [0.717, 1.165) is 24.5 Å². The van der Waals surface area contributed by atoms with Crippen LogP contribution in [0.4, 0.5) is 0 Å². The van der Waals surface area contributed by atoms with E-state index >= 15 is 0 Å². The van der Waals surface area contributed by atoms with Crippen molar-refractivity contribution in [3.05, 3.63) is 90.7 Å². The van der Waals surface area contributed by atoms with Gasteiger partial charge in [0.2, 0.25) is 8.32 Å². The maximum atomic E-state index is 6.71. The summed E-state index contributed by atoms with van der Waals surface area (Å²) in [5, 5.41) is 3.71. The van der Waals surface area contributed by atoms with E-state index in [1.807, 2.05) is 42.5 Å². The highest BCUT2D eigenvalue weighted by molar-refractivity contribution is 6.74.